The zero-order valence-corrected chi connectivity index (χ0v) is 15.1. The molecule has 1 atom stereocenters. The second-order valence-corrected chi connectivity index (χ2v) is 6.63. The summed E-state index contributed by atoms with van der Waals surface area (Å²) >= 11 is 0. The average molecular weight is 384 g/mol. The number of anilines is 3. The zero-order valence-electron chi connectivity index (χ0n) is 15.1. The lowest BCUT2D eigenvalue weighted by molar-refractivity contribution is 0.0995. The Morgan fingerprint density at radius 3 is 2.66 bits per heavy atom. The highest BCUT2D eigenvalue weighted by molar-refractivity contribution is 5.99. The Labute approximate surface area is 165 Å². The summed E-state index contributed by atoms with van der Waals surface area (Å²) in [5.74, 6) is -0.757. The van der Waals surface area contributed by atoms with E-state index < -0.39 is 18.1 Å². The summed E-state index contributed by atoms with van der Waals surface area (Å²) in [6.45, 7) is 0. The van der Waals surface area contributed by atoms with Gasteiger partial charge < -0.3 is 21.1 Å². The number of pyridine rings is 1. The first-order valence-electron chi connectivity index (χ1n) is 8.98. The van der Waals surface area contributed by atoms with Crippen molar-refractivity contribution in [1.82, 2.24) is 15.0 Å². The predicted octanol–water partition coefficient (Wildman–Crippen LogP) is 3.09. The fraction of sp³-hybridized carbons (Fsp3) is 0.0476. The van der Waals surface area contributed by atoms with Crippen LogP contribution in [0.5, 0.6) is 6.01 Å². The molecule has 1 amide bonds. The van der Waals surface area contributed by atoms with E-state index in [-0.39, 0.29) is 5.69 Å². The highest BCUT2D eigenvalue weighted by Crippen LogP contribution is 2.46. The number of aromatic nitrogens is 3. The molecular formula is C21H16N6O2. The van der Waals surface area contributed by atoms with Crippen LogP contribution in [0, 0.1) is 0 Å². The number of aromatic hydroxyl groups is 1. The fourth-order valence-corrected chi connectivity index (χ4v) is 3.59. The van der Waals surface area contributed by atoms with Gasteiger partial charge in [0.15, 0.2) is 5.69 Å². The molecule has 8 nitrogen and oxygen atoms in total. The molecule has 5 rings (SSSR count). The molecule has 0 bridgehead atoms. The minimum atomic E-state index is -0.757. The van der Waals surface area contributed by atoms with Gasteiger partial charge in [0.05, 0.1) is 34.5 Å². The minimum absolute atomic E-state index is 0.0678. The molecule has 142 valence electrons. The van der Waals surface area contributed by atoms with Crippen LogP contribution in [0.25, 0.3) is 10.9 Å². The number of rotatable bonds is 3. The van der Waals surface area contributed by atoms with Crippen molar-refractivity contribution in [2.75, 3.05) is 10.2 Å². The molecule has 0 saturated carbocycles. The lowest BCUT2D eigenvalue weighted by atomic mass is 10.1. The summed E-state index contributed by atoms with van der Waals surface area (Å²) < 4.78 is 0. The number of nitrogens with two attached hydrogens (primary N) is 1. The molecule has 2 aromatic heterocycles. The van der Waals surface area contributed by atoms with E-state index in [0.717, 1.165) is 28.0 Å². The highest BCUT2D eigenvalue weighted by Gasteiger charge is 2.34. The SMILES string of the molecule is NC(=O)c1nc(O)ncc1N1c2ccccc2NC1c1ccc2ccccc2n1. The third-order valence-corrected chi connectivity index (χ3v) is 4.86. The Hall–Kier alpha value is -4.20. The van der Waals surface area contributed by atoms with Crippen molar-refractivity contribution < 1.29 is 9.90 Å². The number of carbonyl (C=O) groups is 1. The van der Waals surface area contributed by atoms with Gasteiger partial charge in [-0.1, -0.05) is 36.4 Å². The van der Waals surface area contributed by atoms with Crippen LogP contribution in [0.4, 0.5) is 17.1 Å². The summed E-state index contributed by atoms with van der Waals surface area (Å²) in [5, 5.41) is 14.1. The van der Waals surface area contributed by atoms with Crippen molar-refractivity contribution in [2.24, 2.45) is 5.73 Å². The van der Waals surface area contributed by atoms with Gasteiger partial charge in [0.25, 0.3) is 5.91 Å². The Morgan fingerprint density at radius 1 is 1.00 bits per heavy atom. The van der Waals surface area contributed by atoms with E-state index >= 15 is 0 Å². The zero-order chi connectivity index (χ0) is 20.0. The Kier molecular flexibility index (Phi) is 3.77. The standard InChI is InChI=1S/C21H16N6O2/c22-19(28)18-17(11-23-21(29)26-18)27-16-8-4-3-7-14(16)25-20(27)15-10-9-12-5-1-2-6-13(12)24-15/h1-11,20,25H,(H2,22,28)(H,23,26,29). The highest BCUT2D eigenvalue weighted by atomic mass is 16.3. The maximum absolute atomic E-state index is 12.0. The molecule has 1 unspecified atom stereocenters. The molecule has 0 saturated heterocycles. The van der Waals surface area contributed by atoms with Gasteiger partial charge in [0.1, 0.15) is 6.17 Å². The second-order valence-electron chi connectivity index (χ2n) is 6.63. The van der Waals surface area contributed by atoms with E-state index in [9.17, 15) is 9.90 Å². The molecule has 4 N–H and O–H groups in total. The molecule has 29 heavy (non-hydrogen) atoms. The third kappa shape index (κ3) is 2.78. The summed E-state index contributed by atoms with van der Waals surface area (Å²) in [4.78, 5) is 26.4. The van der Waals surface area contributed by atoms with Crippen LogP contribution in [0.2, 0.25) is 0 Å². The van der Waals surface area contributed by atoms with Gasteiger partial charge >= 0.3 is 6.01 Å². The number of primary amides is 1. The van der Waals surface area contributed by atoms with Crippen molar-refractivity contribution in [3.63, 3.8) is 0 Å². The smallest absolute Gasteiger partial charge is 0.314 e. The molecule has 4 aromatic rings. The summed E-state index contributed by atoms with van der Waals surface area (Å²) in [7, 11) is 0. The number of fused-ring (bicyclic) bond motifs is 2. The van der Waals surface area contributed by atoms with Crippen LogP contribution in [0.3, 0.4) is 0 Å². The quantitative estimate of drug-likeness (QED) is 0.497. The Bertz CT molecular complexity index is 1260. The van der Waals surface area contributed by atoms with Crippen LogP contribution in [0.15, 0.2) is 66.9 Å². The van der Waals surface area contributed by atoms with Crippen molar-refractivity contribution in [3.05, 3.63) is 78.2 Å². The van der Waals surface area contributed by atoms with Crippen LogP contribution in [-0.2, 0) is 0 Å². The lowest BCUT2D eigenvalue weighted by Gasteiger charge is -2.27. The van der Waals surface area contributed by atoms with Gasteiger partial charge in [-0.15, -0.1) is 0 Å². The molecular weight excluding hydrogens is 368 g/mol. The topological polar surface area (TPSA) is 117 Å². The number of benzene rings is 2. The molecule has 0 fully saturated rings. The van der Waals surface area contributed by atoms with Gasteiger partial charge in [-0.05, 0) is 24.3 Å². The third-order valence-electron chi connectivity index (χ3n) is 4.86. The first kappa shape index (κ1) is 16.9. The molecule has 8 heteroatoms. The van der Waals surface area contributed by atoms with E-state index in [4.69, 9.17) is 10.7 Å². The van der Waals surface area contributed by atoms with Gasteiger partial charge in [-0.2, -0.15) is 4.98 Å². The number of hydrogen-bond donors (Lipinski definition) is 3. The van der Waals surface area contributed by atoms with Gasteiger partial charge in [0, 0.05) is 5.39 Å². The van der Waals surface area contributed by atoms with Gasteiger partial charge in [0.2, 0.25) is 0 Å². The minimum Gasteiger partial charge on any atom is -0.479 e. The first-order chi connectivity index (χ1) is 14.1. The van der Waals surface area contributed by atoms with Gasteiger partial charge in [-0.25, -0.2) is 9.97 Å². The molecule has 1 aliphatic rings. The van der Waals surface area contributed by atoms with Crippen LogP contribution >= 0.6 is 0 Å². The molecule has 0 radical (unpaired) electrons. The van der Waals surface area contributed by atoms with E-state index in [0.29, 0.717) is 5.69 Å². The van der Waals surface area contributed by atoms with Crippen LogP contribution in [-0.4, -0.2) is 26.0 Å². The number of nitrogens with zero attached hydrogens (tertiary/aromatic N) is 4. The van der Waals surface area contributed by atoms with Crippen molar-refractivity contribution >= 4 is 33.9 Å². The van der Waals surface area contributed by atoms with E-state index in [1.54, 1.807) is 0 Å². The van der Waals surface area contributed by atoms with Crippen molar-refractivity contribution in [1.29, 1.82) is 0 Å². The molecule has 3 heterocycles. The normalized spacial score (nSPS) is 15.2. The summed E-state index contributed by atoms with van der Waals surface area (Å²) in [6.07, 6.45) is 0.975. The molecule has 1 aliphatic heterocycles. The average Bonchev–Trinajstić information content (AvgIpc) is 3.13. The van der Waals surface area contributed by atoms with E-state index in [2.05, 4.69) is 15.3 Å². The maximum Gasteiger partial charge on any atom is 0.314 e. The number of amides is 1. The Morgan fingerprint density at radius 2 is 1.79 bits per heavy atom. The Balaban J connectivity index is 1.70. The van der Waals surface area contributed by atoms with E-state index in [1.165, 1.54) is 6.20 Å². The molecule has 2 aromatic carbocycles. The van der Waals surface area contributed by atoms with E-state index in [1.807, 2.05) is 65.6 Å². The first-order valence-corrected chi connectivity index (χ1v) is 8.98. The number of para-hydroxylation sites is 3. The number of hydrogen-bond acceptors (Lipinski definition) is 7. The van der Waals surface area contributed by atoms with Crippen molar-refractivity contribution in [2.45, 2.75) is 6.17 Å². The number of nitrogens with one attached hydrogen (secondary N) is 1. The lowest BCUT2D eigenvalue weighted by Crippen LogP contribution is -2.28. The maximum atomic E-state index is 12.0. The fourth-order valence-electron chi connectivity index (χ4n) is 3.59. The second kappa shape index (κ2) is 6.45. The monoisotopic (exact) mass is 384 g/mol. The largest absolute Gasteiger partial charge is 0.479 e. The van der Waals surface area contributed by atoms with Crippen LogP contribution in [0.1, 0.15) is 22.3 Å². The molecule has 0 aliphatic carbocycles. The predicted molar refractivity (Wildman–Crippen MR) is 109 cm³/mol. The molecule has 0 spiro atoms. The van der Waals surface area contributed by atoms with Crippen molar-refractivity contribution in [3.8, 4) is 6.01 Å². The van der Waals surface area contributed by atoms with Gasteiger partial charge in [-0.3, -0.25) is 4.79 Å². The van der Waals surface area contributed by atoms with Crippen LogP contribution < -0.4 is 16.0 Å². The number of carbonyl (C=O) groups excluding carboxylic acids is 1. The summed E-state index contributed by atoms with van der Waals surface area (Å²) in [5.41, 5.74) is 9.15. The summed E-state index contributed by atoms with van der Waals surface area (Å²) in [6, 6.07) is 19.0.